The number of carbonyl (C=O) groups excluding carboxylic acids is 2. The minimum absolute atomic E-state index is 0.325. The Balaban J connectivity index is 1.94. The van der Waals surface area contributed by atoms with Gasteiger partial charge in [-0.05, 0) is 22.4 Å². The van der Waals surface area contributed by atoms with E-state index >= 15 is 0 Å². The van der Waals surface area contributed by atoms with Crippen LogP contribution in [0.25, 0.3) is 10.8 Å². The number of fused-ring (bicyclic) bond motifs is 1. The van der Waals surface area contributed by atoms with E-state index in [4.69, 9.17) is 5.73 Å². The van der Waals surface area contributed by atoms with E-state index in [1.54, 1.807) is 30.3 Å². The summed E-state index contributed by atoms with van der Waals surface area (Å²) in [5.74, 6) is -0.917. The highest BCUT2D eigenvalue weighted by molar-refractivity contribution is 6.08. The summed E-state index contributed by atoms with van der Waals surface area (Å²) in [6.45, 7) is 0. The smallest absolute Gasteiger partial charge is 0.252 e. The van der Waals surface area contributed by atoms with Gasteiger partial charge >= 0.3 is 0 Å². The predicted molar refractivity (Wildman–Crippen MR) is 89.8 cm³/mol. The molecule has 0 bridgehead atoms. The van der Waals surface area contributed by atoms with Crippen LogP contribution in [-0.4, -0.2) is 11.8 Å². The Morgan fingerprint density at radius 1 is 0.826 bits per heavy atom. The molecule has 3 aromatic rings. The molecule has 2 amide bonds. The van der Waals surface area contributed by atoms with E-state index in [1.807, 2.05) is 42.5 Å². The van der Waals surface area contributed by atoms with Gasteiger partial charge in [-0.3, -0.25) is 9.59 Å². The Kier molecular flexibility index (Phi) is 4.06. The van der Waals surface area contributed by atoms with Crippen LogP contribution >= 0.6 is 0 Å². The van der Waals surface area contributed by atoms with E-state index in [9.17, 15) is 9.59 Å². The zero-order valence-electron chi connectivity index (χ0n) is 12.4. The van der Waals surface area contributed by atoms with Crippen LogP contribution in [0.2, 0.25) is 0 Å². The molecule has 114 valence electrons. The molecule has 1 atom stereocenters. The van der Waals surface area contributed by atoms with Gasteiger partial charge in [-0.1, -0.05) is 66.7 Å². The van der Waals surface area contributed by atoms with E-state index in [-0.39, 0.29) is 5.91 Å². The molecular weight excluding hydrogens is 288 g/mol. The summed E-state index contributed by atoms with van der Waals surface area (Å²) in [4.78, 5) is 24.4. The van der Waals surface area contributed by atoms with Gasteiger partial charge in [0.05, 0.1) is 0 Å². The van der Waals surface area contributed by atoms with Crippen LogP contribution in [0.15, 0.2) is 72.8 Å². The van der Waals surface area contributed by atoms with Crippen molar-refractivity contribution in [2.24, 2.45) is 5.73 Å². The maximum atomic E-state index is 12.6. The Labute approximate surface area is 133 Å². The lowest BCUT2D eigenvalue weighted by molar-refractivity contribution is -0.120. The number of benzene rings is 3. The lowest BCUT2D eigenvalue weighted by atomic mass is 10.0. The van der Waals surface area contributed by atoms with E-state index in [0.29, 0.717) is 11.1 Å². The van der Waals surface area contributed by atoms with Crippen LogP contribution in [-0.2, 0) is 4.79 Å². The number of nitrogens with two attached hydrogens (primary N) is 1. The molecule has 4 nitrogen and oxygen atoms in total. The third kappa shape index (κ3) is 3.06. The molecule has 0 radical (unpaired) electrons. The van der Waals surface area contributed by atoms with E-state index in [0.717, 1.165) is 10.8 Å². The maximum Gasteiger partial charge on any atom is 0.252 e. The van der Waals surface area contributed by atoms with Gasteiger partial charge in [-0.15, -0.1) is 0 Å². The van der Waals surface area contributed by atoms with Crippen molar-refractivity contribution in [3.05, 3.63) is 83.9 Å². The Hall–Kier alpha value is -3.14. The first-order valence-corrected chi connectivity index (χ1v) is 7.29. The second-order valence-corrected chi connectivity index (χ2v) is 5.25. The minimum Gasteiger partial charge on any atom is -0.368 e. The lowest BCUT2D eigenvalue weighted by Crippen LogP contribution is -2.37. The monoisotopic (exact) mass is 304 g/mol. The summed E-state index contributed by atoms with van der Waals surface area (Å²) in [7, 11) is 0. The fraction of sp³-hybridized carbons (Fsp3) is 0.0526. The first-order valence-electron chi connectivity index (χ1n) is 7.29. The maximum absolute atomic E-state index is 12.6. The summed E-state index contributed by atoms with van der Waals surface area (Å²) < 4.78 is 0. The van der Waals surface area contributed by atoms with Gasteiger partial charge in [0, 0.05) is 5.56 Å². The minimum atomic E-state index is -0.859. The third-order valence-electron chi connectivity index (χ3n) is 3.73. The summed E-state index contributed by atoms with van der Waals surface area (Å²) in [6, 6.07) is 21.2. The van der Waals surface area contributed by atoms with Gasteiger partial charge in [-0.25, -0.2) is 0 Å². The van der Waals surface area contributed by atoms with E-state index < -0.39 is 11.9 Å². The fourth-order valence-corrected chi connectivity index (χ4v) is 2.60. The number of nitrogens with one attached hydrogen (secondary N) is 1. The molecule has 0 aliphatic rings. The van der Waals surface area contributed by atoms with Crippen LogP contribution in [0, 0.1) is 0 Å². The van der Waals surface area contributed by atoms with Gasteiger partial charge in [0.2, 0.25) is 5.91 Å². The topological polar surface area (TPSA) is 72.2 Å². The van der Waals surface area contributed by atoms with Gasteiger partial charge in [0.15, 0.2) is 0 Å². The molecule has 0 saturated carbocycles. The number of amides is 2. The summed E-state index contributed by atoms with van der Waals surface area (Å²) in [6.07, 6.45) is 0. The quantitative estimate of drug-likeness (QED) is 0.778. The Morgan fingerprint density at radius 3 is 2.22 bits per heavy atom. The SMILES string of the molecule is NC(=O)C(NC(=O)c1cccc2ccccc12)c1ccccc1. The lowest BCUT2D eigenvalue weighted by Gasteiger charge is -2.16. The summed E-state index contributed by atoms with van der Waals surface area (Å²) in [5, 5.41) is 4.53. The van der Waals surface area contributed by atoms with Crippen molar-refractivity contribution in [3.63, 3.8) is 0 Å². The summed E-state index contributed by atoms with van der Waals surface area (Å²) in [5.41, 5.74) is 6.63. The average molecular weight is 304 g/mol. The molecule has 0 saturated heterocycles. The van der Waals surface area contributed by atoms with Crippen LogP contribution < -0.4 is 11.1 Å². The van der Waals surface area contributed by atoms with Gasteiger partial charge < -0.3 is 11.1 Å². The predicted octanol–water partition coefficient (Wildman–Crippen LogP) is 2.80. The van der Waals surface area contributed by atoms with Gasteiger partial charge in [-0.2, -0.15) is 0 Å². The van der Waals surface area contributed by atoms with Crippen molar-refractivity contribution in [2.45, 2.75) is 6.04 Å². The first-order chi connectivity index (χ1) is 11.2. The van der Waals surface area contributed by atoms with E-state index in [2.05, 4.69) is 5.32 Å². The molecule has 3 N–H and O–H groups in total. The van der Waals surface area contributed by atoms with Crippen molar-refractivity contribution in [1.82, 2.24) is 5.32 Å². The number of rotatable bonds is 4. The highest BCUT2D eigenvalue weighted by Gasteiger charge is 2.21. The fourth-order valence-electron chi connectivity index (χ4n) is 2.60. The number of carbonyl (C=O) groups is 2. The largest absolute Gasteiger partial charge is 0.368 e. The number of hydrogen-bond donors (Lipinski definition) is 2. The van der Waals surface area contributed by atoms with Crippen molar-refractivity contribution >= 4 is 22.6 Å². The highest BCUT2D eigenvalue weighted by Crippen LogP contribution is 2.20. The molecule has 3 aromatic carbocycles. The zero-order valence-corrected chi connectivity index (χ0v) is 12.4. The van der Waals surface area contributed by atoms with Crippen LogP contribution in [0.5, 0.6) is 0 Å². The standard InChI is InChI=1S/C19H16N2O2/c20-18(22)17(14-8-2-1-3-9-14)21-19(23)16-12-6-10-13-7-4-5-11-15(13)16/h1-12,17H,(H2,20,22)(H,21,23). The zero-order chi connectivity index (χ0) is 16.2. The molecule has 0 fully saturated rings. The third-order valence-corrected chi connectivity index (χ3v) is 3.73. The molecule has 0 spiro atoms. The van der Waals surface area contributed by atoms with Crippen molar-refractivity contribution < 1.29 is 9.59 Å². The summed E-state index contributed by atoms with van der Waals surface area (Å²) >= 11 is 0. The number of hydrogen-bond acceptors (Lipinski definition) is 2. The second-order valence-electron chi connectivity index (χ2n) is 5.25. The molecule has 0 heterocycles. The van der Waals surface area contributed by atoms with Gasteiger partial charge in [0.1, 0.15) is 6.04 Å². The number of primary amides is 1. The van der Waals surface area contributed by atoms with Crippen LogP contribution in [0.3, 0.4) is 0 Å². The van der Waals surface area contributed by atoms with Gasteiger partial charge in [0.25, 0.3) is 5.91 Å². The van der Waals surface area contributed by atoms with Crippen molar-refractivity contribution in [3.8, 4) is 0 Å². The molecule has 23 heavy (non-hydrogen) atoms. The normalized spacial score (nSPS) is 11.8. The Bertz CT molecular complexity index is 854. The molecule has 1 unspecified atom stereocenters. The molecule has 0 aliphatic heterocycles. The molecule has 4 heteroatoms. The van der Waals surface area contributed by atoms with E-state index in [1.165, 1.54) is 0 Å². The molecule has 0 aliphatic carbocycles. The molecule has 3 rings (SSSR count). The van der Waals surface area contributed by atoms with Crippen molar-refractivity contribution in [2.75, 3.05) is 0 Å². The van der Waals surface area contributed by atoms with Crippen molar-refractivity contribution in [1.29, 1.82) is 0 Å². The highest BCUT2D eigenvalue weighted by atomic mass is 16.2. The molecular formula is C19H16N2O2. The molecule has 0 aromatic heterocycles. The average Bonchev–Trinajstić information content (AvgIpc) is 2.59. The van der Waals surface area contributed by atoms with Crippen LogP contribution in [0.4, 0.5) is 0 Å². The Morgan fingerprint density at radius 2 is 1.48 bits per heavy atom. The first kappa shape index (κ1) is 14.8. The second kappa shape index (κ2) is 6.32. The van der Waals surface area contributed by atoms with Crippen LogP contribution in [0.1, 0.15) is 22.0 Å².